The van der Waals surface area contributed by atoms with E-state index in [2.05, 4.69) is 10.6 Å². The Morgan fingerprint density at radius 2 is 2.15 bits per heavy atom. The van der Waals surface area contributed by atoms with Gasteiger partial charge in [-0.3, -0.25) is 0 Å². The fraction of sp³-hybridized carbons (Fsp3) is 0.385. The average molecular weight is 282 g/mol. The molecule has 0 aliphatic heterocycles. The minimum absolute atomic E-state index is 0.0778. The highest BCUT2D eigenvalue weighted by Crippen LogP contribution is 2.17. The van der Waals surface area contributed by atoms with Crippen molar-refractivity contribution < 1.29 is 24.2 Å². The van der Waals surface area contributed by atoms with Crippen LogP contribution >= 0.6 is 0 Å². The molecular weight excluding hydrogens is 264 g/mol. The summed E-state index contributed by atoms with van der Waals surface area (Å²) < 4.78 is 10.0. The van der Waals surface area contributed by atoms with Gasteiger partial charge in [0.2, 0.25) is 0 Å². The van der Waals surface area contributed by atoms with Crippen LogP contribution in [0.25, 0.3) is 0 Å². The summed E-state index contributed by atoms with van der Waals surface area (Å²) in [6, 6.07) is 6.11. The van der Waals surface area contributed by atoms with Crippen molar-refractivity contribution in [2.24, 2.45) is 0 Å². The van der Waals surface area contributed by atoms with Crippen molar-refractivity contribution in [2.75, 3.05) is 25.6 Å². The monoisotopic (exact) mass is 282 g/mol. The third-order valence-electron chi connectivity index (χ3n) is 2.41. The molecular formula is C13H18N2O5. The number of hydrogen-bond acceptors (Lipinski definition) is 4. The highest BCUT2D eigenvalue weighted by molar-refractivity contribution is 5.89. The number of carboxylic acids is 1. The first-order valence-electron chi connectivity index (χ1n) is 6.03. The van der Waals surface area contributed by atoms with Gasteiger partial charge >= 0.3 is 12.0 Å². The van der Waals surface area contributed by atoms with E-state index in [0.29, 0.717) is 18.0 Å². The number of rotatable bonds is 7. The molecule has 0 saturated heterocycles. The van der Waals surface area contributed by atoms with Crippen LogP contribution in [-0.4, -0.2) is 43.5 Å². The van der Waals surface area contributed by atoms with Gasteiger partial charge < -0.3 is 25.2 Å². The van der Waals surface area contributed by atoms with Gasteiger partial charge in [0.15, 0.2) is 6.61 Å². The Kier molecular flexibility index (Phi) is 6.31. The number of amides is 2. The average Bonchev–Trinajstić information content (AvgIpc) is 2.43. The molecule has 2 amide bonds. The van der Waals surface area contributed by atoms with Gasteiger partial charge in [-0.25, -0.2) is 9.59 Å². The molecule has 20 heavy (non-hydrogen) atoms. The number of urea groups is 1. The van der Waals surface area contributed by atoms with Crippen LogP contribution in [0.2, 0.25) is 0 Å². The quantitative estimate of drug-likeness (QED) is 0.700. The number of hydrogen-bond donors (Lipinski definition) is 3. The number of carboxylic acid groups (broad SMARTS) is 1. The molecule has 3 N–H and O–H groups in total. The SMILES string of the molecule is COC(C)CNC(=O)Nc1cccc(OCC(=O)O)c1. The van der Waals surface area contributed by atoms with E-state index in [4.69, 9.17) is 14.6 Å². The van der Waals surface area contributed by atoms with E-state index in [1.54, 1.807) is 31.4 Å². The fourth-order valence-electron chi connectivity index (χ4n) is 1.30. The van der Waals surface area contributed by atoms with Crippen LogP contribution in [0.4, 0.5) is 10.5 Å². The smallest absolute Gasteiger partial charge is 0.341 e. The molecule has 0 aliphatic carbocycles. The molecule has 1 aromatic carbocycles. The Labute approximate surface area is 116 Å². The molecule has 0 bridgehead atoms. The molecule has 1 atom stereocenters. The Morgan fingerprint density at radius 1 is 1.40 bits per heavy atom. The van der Waals surface area contributed by atoms with Crippen molar-refractivity contribution in [3.63, 3.8) is 0 Å². The van der Waals surface area contributed by atoms with Crippen molar-refractivity contribution in [3.8, 4) is 5.75 Å². The molecule has 0 aromatic heterocycles. The van der Waals surface area contributed by atoms with Gasteiger partial charge in [0.25, 0.3) is 0 Å². The molecule has 0 spiro atoms. The second kappa shape index (κ2) is 8.00. The summed E-state index contributed by atoms with van der Waals surface area (Å²) >= 11 is 0. The second-order valence-electron chi connectivity index (χ2n) is 4.09. The van der Waals surface area contributed by atoms with Gasteiger partial charge in [0.05, 0.1) is 6.10 Å². The minimum Gasteiger partial charge on any atom is -0.482 e. The van der Waals surface area contributed by atoms with Crippen LogP contribution in [0.5, 0.6) is 5.75 Å². The first kappa shape index (κ1) is 15.8. The van der Waals surface area contributed by atoms with Crippen LogP contribution in [0, 0.1) is 0 Å². The van der Waals surface area contributed by atoms with E-state index < -0.39 is 12.6 Å². The van der Waals surface area contributed by atoms with E-state index in [1.165, 1.54) is 0 Å². The molecule has 0 heterocycles. The first-order valence-corrected chi connectivity index (χ1v) is 6.03. The number of carbonyl (C=O) groups is 2. The largest absolute Gasteiger partial charge is 0.482 e. The standard InChI is InChI=1S/C13H18N2O5/c1-9(19-2)7-14-13(18)15-10-4-3-5-11(6-10)20-8-12(16)17/h3-6,9H,7-8H2,1-2H3,(H,16,17)(H2,14,15,18). The van der Waals surface area contributed by atoms with Crippen LogP contribution in [-0.2, 0) is 9.53 Å². The Bertz CT molecular complexity index is 464. The van der Waals surface area contributed by atoms with E-state index in [9.17, 15) is 9.59 Å². The molecule has 7 nitrogen and oxygen atoms in total. The van der Waals surface area contributed by atoms with Crippen molar-refractivity contribution in [1.82, 2.24) is 5.32 Å². The molecule has 0 aliphatic rings. The first-order chi connectivity index (χ1) is 9.51. The molecule has 0 fully saturated rings. The number of ether oxygens (including phenoxy) is 2. The van der Waals surface area contributed by atoms with E-state index in [0.717, 1.165) is 0 Å². The van der Waals surface area contributed by atoms with Gasteiger partial charge in [0.1, 0.15) is 5.75 Å². The third kappa shape index (κ3) is 6.05. The number of nitrogens with one attached hydrogen (secondary N) is 2. The summed E-state index contributed by atoms with van der Waals surface area (Å²) in [4.78, 5) is 22.0. The fourth-order valence-corrected chi connectivity index (χ4v) is 1.30. The van der Waals surface area contributed by atoms with E-state index >= 15 is 0 Å². The van der Waals surface area contributed by atoms with Gasteiger partial charge in [-0.1, -0.05) is 6.07 Å². The predicted octanol–water partition coefficient (Wildman–Crippen LogP) is 1.31. The zero-order chi connectivity index (χ0) is 15.0. The van der Waals surface area contributed by atoms with E-state index in [-0.39, 0.29) is 12.1 Å². The highest BCUT2D eigenvalue weighted by atomic mass is 16.5. The number of anilines is 1. The summed E-state index contributed by atoms with van der Waals surface area (Å²) in [5, 5.41) is 13.8. The summed E-state index contributed by atoms with van der Waals surface area (Å²) in [5.41, 5.74) is 0.510. The lowest BCUT2D eigenvalue weighted by Gasteiger charge is -2.12. The van der Waals surface area contributed by atoms with Gasteiger partial charge in [0, 0.05) is 25.4 Å². The van der Waals surface area contributed by atoms with Gasteiger partial charge in [-0.05, 0) is 19.1 Å². The molecule has 7 heteroatoms. The van der Waals surface area contributed by atoms with E-state index in [1.807, 2.05) is 6.92 Å². The second-order valence-corrected chi connectivity index (χ2v) is 4.09. The van der Waals surface area contributed by atoms with Crippen molar-refractivity contribution in [1.29, 1.82) is 0 Å². The molecule has 1 rings (SSSR count). The third-order valence-corrected chi connectivity index (χ3v) is 2.41. The summed E-state index contributed by atoms with van der Waals surface area (Å²) in [7, 11) is 1.56. The van der Waals surface area contributed by atoms with Crippen molar-refractivity contribution in [3.05, 3.63) is 24.3 Å². The van der Waals surface area contributed by atoms with Gasteiger partial charge in [-0.15, -0.1) is 0 Å². The number of methoxy groups -OCH3 is 1. The van der Waals surface area contributed by atoms with Crippen molar-refractivity contribution >= 4 is 17.7 Å². The zero-order valence-electron chi connectivity index (χ0n) is 11.4. The molecule has 0 saturated carbocycles. The van der Waals surface area contributed by atoms with Crippen molar-refractivity contribution in [2.45, 2.75) is 13.0 Å². The normalized spacial score (nSPS) is 11.5. The Balaban J connectivity index is 2.48. The summed E-state index contributed by atoms with van der Waals surface area (Å²) in [5.74, 6) is -0.690. The Morgan fingerprint density at radius 3 is 2.80 bits per heavy atom. The lowest BCUT2D eigenvalue weighted by molar-refractivity contribution is -0.139. The molecule has 0 radical (unpaired) electrons. The maximum Gasteiger partial charge on any atom is 0.341 e. The lowest BCUT2D eigenvalue weighted by Crippen LogP contribution is -2.34. The highest BCUT2D eigenvalue weighted by Gasteiger charge is 2.06. The maximum absolute atomic E-state index is 11.6. The Hall–Kier alpha value is -2.28. The van der Waals surface area contributed by atoms with Crippen LogP contribution < -0.4 is 15.4 Å². The molecule has 110 valence electrons. The minimum atomic E-state index is -1.06. The van der Waals surface area contributed by atoms with Crippen LogP contribution in [0.3, 0.4) is 0 Å². The van der Waals surface area contributed by atoms with Crippen LogP contribution in [0.1, 0.15) is 6.92 Å². The predicted molar refractivity (Wildman–Crippen MR) is 73.1 cm³/mol. The summed E-state index contributed by atoms with van der Waals surface area (Å²) in [6.45, 7) is 1.79. The lowest BCUT2D eigenvalue weighted by atomic mass is 10.3. The van der Waals surface area contributed by atoms with Gasteiger partial charge in [-0.2, -0.15) is 0 Å². The molecule has 1 aromatic rings. The number of benzene rings is 1. The number of carbonyl (C=O) groups excluding carboxylic acids is 1. The molecule has 1 unspecified atom stereocenters. The summed E-state index contributed by atoms with van der Waals surface area (Å²) in [6.07, 6.45) is -0.0778. The maximum atomic E-state index is 11.6. The number of aliphatic carboxylic acids is 1. The zero-order valence-corrected chi connectivity index (χ0v) is 11.4. The van der Waals surface area contributed by atoms with Crippen LogP contribution in [0.15, 0.2) is 24.3 Å². The topological polar surface area (TPSA) is 96.9 Å².